The van der Waals surface area contributed by atoms with Crippen LogP contribution in [-0.4, -0.2) is 23.2 Å². The van der Waals surface area contributed by atoms with Crippen LogP contribution in [0.1, 0.15) is 11.1 Å². The Morgan fingerprint density at radius 2 is 2.18 bits per heavy atom. The van der Waals surface area contributed by atoms with Gasteiger partial charge in [0.1, 0.15) is 5.75 Å². The number of hydrogen-bond donors (Lipinski definition) is 3. The van der Waals surface area contributed by atoms with Gasteiger partial charge < -0.3 is 10.1 Å². The highest BCUT2D eigenvalue weighted by molar-refractivity contribution is 5.91. The molecular weight excluding hydrogens is 282 g/mol. The number of aromatic nitrogens is 1. The zero-order chi connectivity index (χ0) is 15.8. The van der Waals surface area contributed by atoms with Crippen LogP contribution in [0.2, 0.25) is 0 Å². The molecule has 2 aromatic rings. The molecule has 1 amide bonds. The maximum atomic E-state index is 11.1. The van der Waals surface area contributed by atoms with Crippen molar-refractivity contribution in [3.05, 3.63) is 59.9 Å². The Morgan fingerprint density at radius 3 is 2.95 bits per heavy atom. The maximum Gasteiger partial charge on any atom is 0.267 e. The summed E-state index contributed by atoms with van der Waals surface area (Å²) in [6.45, 7) is 0.571. The molecule has 1 aromatic heterocycles. The number of methoxy groups -OCH3 is 1. The predicted octanol–water partition coefficient (Wildman–Crippen LogP) is 2.22. The zero-order valence-electron chi connectivity index (χ0n) is 12.1. The molecule has 0 radical (unpaired) electrons. The van der Waals surface area contributed by atoms with Crippen LogP contribution in [0.4, 0.5) is 5.69 Å². The SMILES string of the molecule is COc1cncc(CNc2ccccc2C=CC(=O)NO)c1. The average Bonchev–Trinajstić information content (AvgIpc) is 2.58. The minimum atomic E-state index is -0.577. The van der Waals surface area contributed by atoms with Crippen LogP contribution in [0.3, 0.4) is 0 Å². The molecule has 0 saturated carbocycles. The van der Waals surface area contributed by atoms with E-state index in [1.165, 1.54) is 6.08 Å². The summed E-state index contributed by atoms with van der Waals surface area (Å²) in [5, 5.41) is 11.8. The highest BCUT2D eigenvalue weighted by Gasteiger charge is 2.01. The highest BCUT2D eigenvalue weighted by atomic mass is 16.5. The van der Waals surface area contributed by atoms with Gasteiger partial charge in [0.05, 0.1) is 13.3 Å². The number of rotatable bonds is 6. The standard InChI is InChI=1S/C16H17N3O3/c1-22-14-8-12(9-17-11-14)10-18-15-5-3-2-4-13(15)6-7-16(20)19-21/h2-9,11,18,21H,10H2,1H3,(H,19,20). The van der Waals surface area contributed by atoms with Crippen molar-refractivity contribution in [3.8, 4) is 5.75 Å². The number of nitrogens with one attached hydrogen (secondary N) is 2. The molecule has 0 fully saturated rings. The molecule has 6 nitrogen and oxygen atoms in total. The molecule has 0 aliphatic carbocycles. The fourth-order valence-electron chi connectivity index (χ4n) is 1.88. The molecule has 1 aromatic carbocycles. The van der Waals surface area contributed by atoms with Gasteiger partial charge in [-0.2, -0.15) is 0 Å². The highest BCUT2D eigenvalue weighted by Crippen LogP contribution is 2.18. The monoisotopic (exact) mass is 299 g/mol. The lowest BCUT2D eigenvalue weighted by molar-refractivity contribution is -0.124. The lowest BCUT2D eigenvalue weighted by Gasteiger charge is -2.10. The van der Waals surface area contributed by atoms with E-state index < -0.39 is 5.91 Å². The first-order valence-corrected chi connectivity index (χ1v) is 6.66. The van der Waals surface area contributed by atoms with Gasteiger partial charge in [-0.3, -0.25) is 15.0 Å². The molecule has 3 N–H and O–H groups in total. The second-order valence-corrected chi connectivity index (χ2v) is 4.48. The first kappa shape index (κ1) is 15.5. The first-order valence-electron chi connectivity index (χ1n) is 6.66. The Hall–Kier alpha value is -2.86. The van der Waals surface area contributed by atoms with E-state index in [0.29, 0.717) is 12.3 Å². The number of ether oxygens (including phenoxy) is 1. The van der Waals surface area contributed by atoms with Crippen molar-refractivity contribution in [2.75, 3.05) is 12.4 Å². The largest absolute Gasteiger partial charge is 0.495 e. The lowest BCUT2D eigenvalue weighted by Crippen LogP contribution is -2.14. The number of nitrogens with zero attached hydrogens (tertiary/aromatic N) is 1. The molecule has 0 atom stereocenters. The molecule has 0 spiro atoms. The first-order chi connectivity index (χ1) is 10.7. The van der Waals surface area contributed by atoms with E-state index in [1.807, 2.05) is 30.3 Å². The Balaban J connectivity index is 2.09. The molecule has 2 rings (SSSR count). The molecule has 0 saturated heterocycles. The van der Waals surface area contributed by atoms with Gasteiger partial charge in [0.2, 0.25) is 0 Å². The summed E-state index contributed by atoms with van der Waals surface area (Å²) in [4.78, 5) is 15.2. The summed E-state index contributed by atoms with van der Waals surface area (Å²) in [5.74, 6) is 0.124. The molecule has 0 bridgehead atoms. The van der Waals surface area contributed by atoms with Gasteiger partial charge in [-0.15, -0.1) is 0 Å². The van der Waals surface area contributed by atoms with Gasteiger partial charge in [0.15, 0.2) is 0 Å². The van der Waals surface area contributed by atoms with Crippen molar-refractivity contribution in [2.45, 2.75) is 6.54 Å². The number of pyridine rings is 1. The molecule has 6 heteroatoms. The van der Waals surface area contributed by atoms with Gasteiger partial charge in [0.25, 0.3) is 5.91 Å². The molecular formula is C16H17N3O3. The van der Waals surface area contributed by atoms with Gasteiger partial charge >= 0.3 is 0 Å². The topological polar surface area (TPSA) is 83.5 Å². The van der Waals surface area contributed by atoms with E-state index >= 15 is 0 Å². The summed E-state index contributed by atoms with van der Waals surface area (Å²) >= 11 is 0. The molecule has 1 heterocycles. The number of amides is 1. The minimum Gasteiger partial charge on any atom is -0.495 e. The Morgan fingerprint density at radius 1 is 1.36 bits per heavy atom. The van der Waals surface area contributed by atoms with Crippen molar-refractivity contribution < 1.29 is 14.7 Å². The summed E-state index contributed by atoms with van der Waals surface area (Å²) in [6, 6.07) is 9.44. The molecule has 22 heavy (non-hydrogen) atoms. The van der Waals surface area contributed by atoms with Crippen molar-refractivity contribution in [1.29, 1.82) is 0 Å². The number of anilines is 1. The summed E-state index contributed by atoms with van der Waals surface area (Å²) < 4.78 is 5.14. The van der Waals surface area contributed by atoms with Crippen LogP contribution in [-0.2, 0) is 11.3 Å². The molecule has 114 valence electrons. The second kappa shape index (κ2) is 7.80. The van der Waals surface area contributed by atoms with Crippen molar-refractivity contribution in [3.63, 3.8) is 0 Å². The number of hydroxylamine groups is 1. The average molecular weight is 299 g/mol. The molecule has 0 aliphatic heterocycles. The van der Waals surface area contributed by atoms with Crippen LogP contribution >= 0.6 is 0 Å². The number of hydrogen-bond acceptors (Lipinski definition) is 5. The summed E-state index contributed by atoms with van der Waals surface area (Å²) in [7, 11) is 1.60. The number of para-hydroxylation sites is 1. The Kier molecular flexibility index (Phi) is 5.50. The van der Waals surface area contributed by atoms with Crippen LogP contribution in [0.25, 0.3) is 6.08 Å². The Labute approximate surface area is 128 Å². The van der Waals surface area contributed by atoms with Crippen LogP contribution < -0.4 is 15.5 Å². The molecule has 0 unspecified atom stereocenters. The summed E-state index contributed by atoms with van der Waals surface area (Å²) in [5.41, 5.74) is 4.24. The van der Waals surface area contributed by atoms with Gasteiger partial charge in [-0.1, -0.05) is 18.2 Å². The molecule has 0 aliphatic rings. The maximum absolute atomic E-state index is 11.1. The van der Waals surface area contributed by atoms with Crippen molar-refractivity contribution >= 4 is 17.7 Å². The Bertz CT molecular complexity index is 671. The number of carbonyl (C=O) groups excluding carboxylic acids is 1. The van der Waals surface area contributed by atoms with E-state index in [1.54, 1.807) is 31.1 Å². The summed E-state index contributed by atoms with van der Waals surface area (Å²) in [6.07, 6.45) is 6.28. The fourth-order valence-corrected chi connectivity index (χ4v) is 1.88. The fraction of sp³-hybridized carbons (Fsp3) is 0.125. The quantitative estimate of drug-likeness (QED) is 0.433. The van der Waals surface area contributed by atoms with Crippen molar-refractivity contribution in [1.82, 2.24) is 10.5 Å². The predicted molar refractivity (Wildman–Crippen MR) is 83.5 cm³/mol. The number of carbonyl (C=O) groups is 1. The van der Waals surface area contributed by atoms with Gasteiger partial charge in [-0.05, 0) is 29.3 Å². The number of benzene rings is 1. The van der Waals surface area contributed by atoms with E-state index in [-0.39, 0.29) is 0 Å². The van der Waals surface area contributed by atoms with E-state index in [0.717, 1.165) is 16.8 Å². The minimum absolute atomic E-state index is 0.571. The van der Waals surface area contributed by atoms with E-state index in [4.69, 9.17) is 9.94 Å². The second-order valence-electron chi connectivity index (χ2n) is 4.48. The van der Waals surface area contributed by atoms with E-state index in [2.05, 4.69) is 10.3 Å². The van der Waals surface area contributed by atoms with Gasteiger partial charge in [0, 0.05) is 24.5 Å². The third-order valence-corrected chi connectivity index (χ3v) is 2.97. The van der Waals surface area contributed by atoms with Crippen LogP contribution in [0.5, 0.6) is 5.75 Å². The smallest absolute Gasteiger partial charge is 0.267 e. The normalized spacial score (nSPS) is 10.5. The van der Waals surface area contributed by atoms with E-state index in [9.17, 15) is 4.79 Å². The third kappa shape index (κ3) is 4.32. The lowest BCUT2D eigenvalue weighted by atomic mass is 10.1. The van der Waals surface area contributed by atoms with Crippen LogP contribution in [0.15, 0.2) is 48.8 Å². The van der Waals surface area contributed by atoms with Crippen LogP contribution in [0, 0.1) is 0 Å². The van der Waals surface area contributed by atoms with Crippen molar-refractivity contribution in [2.24, 2.45) is 0 Å². The van der Waals surface area contributed by atoms with Gasteiger partial charge in [-0.25, -0.2) is 5.48 Å². The zero-order valence-corrected chi connectivity index (χ0v) is 12.1. The third-order valence-electron chi connectivity index (χ3n) is 2.97.